The Balaban J connectivity index is 2.37. The predicted molar refractivity (Wildman–Crippen MR) is 65.1 cm³/mol. The van der Waals surface area contributed by atoms with Gasteiger partial charge < -0.3 is 10.4 Å². The number of carbonyl (C=O) groups excluding carboxylic acids is 1. The van der Waals surface area contributed by atoms with Crippen molar-refractivity contribution in [2.24, 2.45) is 0 Å². The summed E-state index contributed by atoms with van der Waals surface area (Å²) in [6.45, 7) is 4.14. The zero-order valence-corrected chi connectivity index (χ0v) is 10.3. The van der Waals surface area contributed by atoms with Gasteiger partial charge in [0.05, 0.1) is 6.10 Å². The van der Waals surface area contributed by atoms with Crippen LogP contribution >= 0.6 is 0 Å². The number of aliphatic hydroxyl groups excluding tert-OH is 1. The number of hydrogen-bond acceptors (Lipinski definition) is 2. The molecular formula is C13H23NO2. The smallest absolute Gasteiger partial charge is 0.244 e. The second-order valence-electron chi connectivity index (χ2n) is 4.52. The zero-order chi connectivity index (χ0) is 12.0. The maximum absolute atomic E-state index is 11.7. The van der Waals surface area contributed by atoms with Crippen molar-refractivity contribution in [3.63, 3.8) is 0 Å². The number of nitrogens with one attached hydrogen (secondary N) is 1. The molecule has 1 saturated carbocycles. The fourth-order valence-corrected chi connectivity index (χ4v) is 2.10. The second-order valence-corrected chi connectivity index (χ2v) is 4.52. The molecule has 1 fully saturated rings. The van der Waals surface area contributed by atoms with Crippen LogP contribution in [0.5, 0.6) is 0 Å². The summed E-state index contributed by atoms with van der Waals surface area (Å²) in [6.07, 6.45) is 6.85. The van der Waals surface area contributed by atoms with Crippen molar-refractivity contribution in [3.05, 3.63) is 11.6 Å². The molecule has 0 saturated heterocycles. The first kappa shape index (κ1) is 13.2. The second kappa shape index (κ2) is 6.69. The SMILES string of the molecule is CCC(=CC(=O)NC1CCC(O)CC1)CC. The Bertz CT molecular complexity index is 247. The predicted octanol–water partition coefficient (Wildman–Crippen LogP) is 2.15. The highest BCUT2D eigenvalue weighted by Crippen LogP contribution is 2.18. The minimum atomic E-state index is -0.162. The third-order valence-corrected chi connectivity index (χ3v) is 3.29. The Kier molecular flexibility index (Phi) is 5.53. The first-order valence-corrected chi connectivity index (χ1v) is 6.33. The van der Waals surface area contributed by atoms with Crippen LogP contribution in [-0.2, 0) is 4.79 Å². The lowest BCUT2D eigenvalue weighted by molar-refractivity contribution is -0.117. The molecule has 0 radical (unpaired) electrons. The van der Waals surface area contributed by atoms with Crippen molar-refractivity contribution in [2.45, 2.75) is 64.5 Å². The van der Waals surface area contributed by atoms with Gasteiger partial charge in [-0.05, 0) is 38.5 Å². The summed E-state index contributed by atoms with van der Waals surface area (Å²) in [6, 6.07) is 0.252. The fraction of sp³-hybridized carbons (Fsp3) is 0.769. The molecule has 3 heteroatoms. The number of aliphatic hydroxyl groups is 1. The Morgan fingerprint density at radius 1 is 1.25 bits per heavy atom. The van der Waals surface area contributed by atoms with Crippen molar-refractivity contribution in [1.29, 1.82) is 0 Å². The number of allylic oxidation sites excluding steroid dienone is 1. The lowest BCUT2D eigenvalue weighted by atomic mass is 9.93. The molecule has 1 aliphatic rings. The molecule has 92 valence electrons. The van der Waals surface area contributed by atoms with Crippen molar-refractivity contribution >= 4 is 5.91 Å². The van der Waals surface area contributed by atoms with Crippen molar-refractivity contribution in [3.8, 4) is 0 Å². The summed E-state index contributed by atoms with van der Waals surface area (Å²) in [4.78, 5) is 11.7. The summed E-state index contributed by atoms with van der Waals surface area (Å²) in [7, 11) is 0. The molecule has 0 aliphatic heterocycles. The Labute approximate surface area is 97.9 Å². The average molecular weight is 225 g/mol. The molecule has 0 unspecified atom stereocenters. The van der Waals surface area contributed by atoms with Gasteiger partial charge in [0.25, 0.3) is 0 Å². The van der Waals surface area contributed by atoms with Crippen LogP contribution in [-0.4, -0.2) is 23.2 Å². The van der Waals surface area contributed by atoms with Crippen molar-refractivity contribution < 1.29 is 9.90 Å². The quantitative estimate of drug-likeness (QED) is 0.720. The van der Waals surface area contributed by atoms with Gasteiger partial charge in [-0.25, -0.2) is 0 Å². The van der Waals surface area contributed by atoms with E-state index in [4.69, 9.17) is 0 Å². The van der Waals surface area contributed by atoms with Crippen LogP contribution in [0.2, 0.25) is 0 Å². The lowest BCUT2D eigenvalue weighted by Crippen LogP contribution is -2.37. The van der Waals surface area contributed by atoms with Gasteiger partial charge in [-0.15, -0.1) is 0 Å². The number of carbonyl (C=O) groups is 1. The highest BCUT2D eigenvalue weighted by atomic mass is 16.3. The molecule has 0 bridgehead atoms. The van der Waals surface area contributed by atoms with Crippen LogP contribution in [0.3, 0.4) is 0 Å². The molecule has 1 aliphatic carbocycles. The molecule has 0 heterocycles. The third-order valence-electron chi connectivity index (χ3n) is 3.29. The number of hydrogen-bond donors (Lipinski definition) is 2. The van der Waals surface area contributed by atoms with E-state index in [-0.39, 0.29) is 18.1 Å². The van der Waals surface area contributed by atoms with E-state index in [2.05, 4.69) is 19.2 Å². The van der Waals surface area contributed by atoms with E-state index in [1.165, 1.54) is 5.57 Å². The maximum atomic E-state index is 11.7. The van der Waals surface area contributed by atoms with Gasteiger partial charge in [0.2, 0.25) is 5.91 Å². The van der Waals surface area contributed by atoms with Gasteiger partial charge in [0.1, 0.15) is 0 Å². The third kappa shape index (κ3) is 4.35. The molecular weight excluding hydrogens is 202 g/mol. The summed E-state index contributed by atoms with van der Waals surface area (Å²) >= 11 is 0. The monoisotopic (exact) mass is 225 g/mol. The highest BCUT2D eigenvalue weighted by molar-refractivity contribution is 5.88. The first-order valence-electron chi connectivity index (χ1n) is 6.33. The Morgan fingerprint density at radius 3 is 2.31 bits per heavy atom. The average Bonchev–Trinajstić information content (AvgIpc) is 2.29. The number of amides is 1. The minimum Gasteiger partial charge on any atom is -0.393 e. The molecule has 1 amide bonds. The standard InChI is InChI=1S/C13H23NO2/c1-3-10(4-2)9-13(16)14-11-5-7-12(15)8-6-11/h9,11-12,15H,3-8H2,1-2H3,(H,14,16). The first-order chi connectivity index (χ1) is 7.65. The van der Waals surface area contributed by atoms with Gasteiger partial charge >= 0.3 is 0 Å². The van der Waals surface area contributed by atoms with Crippen molar-refractivity contribution in [2.75, 3.05) is 0 Å². The molecule has 0 aromatic heterocycles. The van der Waals surface area contributed by atoms with Gasteiger partial charge in [0.15, 0.2) is 0 Å². The van der Waals surface area contributed by atoms with E-state index in [0.717, 1.165) is 38.5 Å². The van der Waals surface area contributed by atoms with Gasteiger partial charge in [0, 0.05) is 12.1 Å². The molecule has 0 spiro atoms. The van der Waals surface area contributed by atoms with Crippen molar-refractivity contribution in [1.82, 2.24) is 5.32 Å². The van der Waals surface area contributed by atoms with E-state index in [1.54, 1.807) is 6.08 Å². The molecule has 0 aromatic rings. The summed E-state index contributed by atoms with van der Waals surface area (Å²) in [5, 5.41) is 12.4. The normalized spacial score (nSPS) is 24.9. The van der Waals surface area contributed by atoms with Crippen LogP contribution < -0.4 is 5.32 Å². The van der Waals surface area contributed by atoms with E-state index in [0.29, 0.717) is 0 Å². The maximum Gasteiger partial charge on any atom is 0.244 e. The van der Waals surface area contributed by atoms with Crippen LogP contribution in [0.1, 0.15) is 52.4 Å². The van der Waals surface area contributed by atoms with E-state index >= 15 is 0 Å². The van der Waals surface area contributed by atoms with Crippen LogP contribution in [0.4, 0.5) is 0 Å². The van der Waals surface area contributed by atoms with Crippen LogP contribution in [0, 0.1) is 0 Å². The minimum absolute atomic E-state index is 0.0279. The molecule has 3 nitrogen and oxygen atoms in total. The largest absolute Gasteiger partial charge is 0.393 e. The summed E-state index contributed by atoms with van der Waals surface area (Å²) in [5.74, 6) is 0.0279. The van der Waals surface area contributed by atoms with E-state index in [1.807, 2.05) is 0 Å². The molecule has 0 aromatic carbocycles. The van der Waals surface area contributed by atoms with Crippen LogP contribution in [0.25, 0.3) is 0 Å². The highest BCUT2D eigenvalue weighted by Gasteiger charge is 2.19. The van der Waals surface area contributed by atoms with E-state index in [9.17, 15) is 9.90 Å². The molecule has 16 heavy (non-hydrogen) atoms. The topological polar surface area (TPSA) is 49.3 Å². The molecule has 0 atom stereocenters. The van der Waals surface area contributed by atoms with Gasteiger partial charge in [-0.1, -0.05) is 19.4 Å². The summed E-state index contributed by atoms with van der Waals surface area (Å²) in [5.41, 5.74) is 1.19. The number of rotatable bonds is 4. The summed E-state index contributed by atoms with van der Waals surface area (Å²) < 4.78 is 0. The van der Waals surface area contributed by atoms with Crippen LogP contribution in [0.15, 0.2) is 11.6 Å². The van der Waals surface area contributed by atoms with Gasteiger partial charge in [-0.3, -0.25) is 4.79 Å². The van der Waals surface area contributed by atoms with E-state index < -0.39 is 0 Å². The molecule has 1 rings (SSSR count). The van der Waals surface area contributed by atoms with Gasteiger partial charge in [-0.2, -0.15) is 0 Å². The zero-order valence-electron chi connectivity index (χ0n) is 10.3. The Hall–Kier alpha value is -0.830. The molecule has 2 N–H and O–H groups in total. The lowest BCUT2D eigenvalue weighted by Gasteiger charge is -2.25. The fourth-order valence-electron chi connectivity index (χ4n) is 2.10. The Morgan fingerprint density at radius 2 is 1.81 bits per heavy atom.